The highest BCUT2D eigenvalue weighted by atomic mass is 16.7. The van der Waals surface area contributed by atoms with Gasteiger partial charge in [0.25, 0.3) is 5.96 Å². The van der Waals surface area contributed by atoms with Crippen LogP contribution in [0.1, 0.15) is 5.56 Å². The van der Waals surface area contributed by atoms with Gasteiger partial charge in [-0.1, -0.05) is 5.43 Å². The fourth-order valence-corrected chi connectivity index (χ4v) is 1.34. The molecule has 1 rings (SSSR count). The van der Waals surface area contributed by atoms with Gasteiger partial charge in [0, 0.05) is 0 Å². The fraction of sp³-hybridized carbons (Fsp3) is 0.111. The largest absolute Gasteiger partial charge is 0.504 e. The molecule has 0 amide bonds. The van der Waals surface area contributed by atoms with Gasteiger partial charge in [-0.2, -0.15) is 5.10 Å². The van der Waals surface area contributed by atoms with Crippen LogP contribution in [0.15, 0.2) is 22.3 Å². The van der Waals surface area contributed by atoms with E-state index in [2.05, 4.69) is 10.2 Å². The minimum Gasteiger partial charge on any atom is -0.504 e. The first kappa shape index (κ1) is 15.6. The van der Waals surface area contributed by atoms with Crippen molar-refractivity contribution in [3.8, 4) is 11.5 Å². The minimum atomic E-state index is -0.944. The number of phenolic OH excluding ortho intramolecular Hbond substituents is 1. The molecule has 0 aliphatic carbocycles. The Kier molecular flexibility index (Phi) is 4.94. The van der Waals surface area contributed by atoms with Gasteiger partial charge in [-0.15, -0.1) is 5.10 Å². The number of phenols is 1. The van der Waals surface area contributed by atoms with Gasteiger partial charge in [0.2, 0.25) is 5.75 Å². The van der Waals surface area contributed by atoms with Gasteiger partial charge in [0.05, 0.1) is 23.8 Å². The monoisotopic (exact) mass is 298 g/mol. The summed E-state index contributed by atoms with van der Waals surface area (Å²) in [6.07, 6.45) is 0.939. The highest BCUT2D eigenvalue weighted by Gasteiger charge is 2.23. The first-order valence-corrected chi connectivity index (χ1v) is 5.18. The van der Waals surface area contributed by atoms with Crippen LogP contribution in [0.4, 0.5) is 5.69 Å². The van der Waals surface area contributed by atoms with Crippen LogP contribution in [0, 0.1) is 20.2 Å². The number of hydrogen-bond donors (Lipinski definition) is 3. The van der Waals surface area contributed by atoms with E-state index in [1.54, 1.807) is 0 Å². The van der Waals surface area contributed by atoms with E-state index in [9.17, 15) is 25.3 Å². The van der Waals surface area contributed by atoms with Crippen molar-refractivity contribution in [2.24, 2.45) is 15.9 Å². The summed E-state index contributed by atoms with van der Waals surface area (Å²) in [4.78, 5) is 20.3. The van der Waals surface area contributed by atoms with Gasteiger partial charge in [-0.05, 0) is 12.1 Å². The fourth-order valence-electron chi connectivity index (χ4n) is 1.34. The third-order valence-electron chi connectivity index (χ3n) is 2.10. The average Bonchev–Trinajstić information content (AvgIpc) is 2.38. The zero-order chi connectivity index (χ0) is 16.0. The number of nitrogens with two attached hydrogens (primary N) is 1. The minimum absolute atomic E-state index is 0.0349. The number of ether oxygens (including phenoxy) is 1. The molecule has 1 aromatic rings. The second kappa shape index (κ2) is 6.65. The van der Waals surface area contributed by atoms with E-state index in [-0.39, 0.29) is 11.3 Å². The highest BCUT2D eigenvalue weighted by Crippen LogP contribution is 2.37. The van der Waals surface area contributed by atoms with Crippen molar-refractivity contribution in [2.75, 3.05) is 7.11 Å². The van der Waals surface area contributed by atoms with Crippen molar-refractivity contribution in [3.63, 3.8) is 0 Å². The summed E-state index contributed by atoms with van der Waals surface area (Å²) in [6.45, 7) is 0. The van der Waals surface area contributed by atoms with Gasteiger partial charge in [0.1, 0.15) is 0 Å². The predicted molar refractivity (Wildman–Crippen MR) is 70.7 cm³/mol. The number of nitro groups is 2. The molecule has 12 heteroatoms. The third kappa shape index (κ3) is 4.02. The Bertz CT molecular complexity index is 627. The van der Waals surface area contributed by atoms with Crippen molar-refractivity contribution < 1.29 is 19.8 Å². The molecule has 0 radical (unpaired) electrons. The van der Waals surface area contributed by atoms with Crippen LogP contribution in [-0.4, -0.2) is 34.3 Å². The predicted octanol–water partition coefficient (Wildman–Crippen LogP) is -0.261. The molecule has 0 bridgehead atoms. The van der Waals surface area contributed by atoms with Gasteiger partial charge in [0.15, 0.2) is 10.8 Å². The van der Waals surface area contributed by atoms with E-state index in [4.69, 9.17) is 10.5 Å². The quantitative estimate of drug-likeness (QED) is 0.288. The maximum absolute atomic E-state index is 11.0. The molecular formula is C9H10N6O6. The zero-order valence-electron chi connectivity index (χ0n) is 10.6. The Morgan fingerprint density at radius 1 is 1.48 bits per heavy atom. The SMILES string of the molecule is COc1c(O)ccc(/C=N/N=C(N)N[N+](=O)[O-])c1[N+](=O)[O-]. The van der Waals surface area contributed by atoms with Crippen LogP contribution in [-0.2, 0) is 0 Å². The summed E-state index contributed by atoms with van der Waals surface area (Å²) in [5.74, 6) is -1.37. The molecule has 0 aromatic heterocycles. The van der Waals surface area contributed by atoms with Crippen LogP contribution in [0.2, 0.25) is 0 Å². The molecule has 0 aliphatic rings. The molecule has 21 heavy (non-hydrogen) atoms. The molecule has 0 aliphatic heterocycles. The molecule has 0 atom stereocenters. The first-order valence-electron chi connectivity index (χ1n) is 5.18. The van der Waals surface area contributed by atoms with Crippen LogP contribution in [0.5, 0.6) is 11.5 Å². The lowest BCUT2D eigenvalue weighted by atomic mass is 10.1. The summed E-state index contributed by atoms with van der Waals surface area (Å²) in [5, 5.41) is 36.2. The molecule has 0 heterocycles. The Morgan fingerprint density at radius 2 is 2.14 bits per heavy atom. The Morgan fingerprint density at radius 3 is 2.67 bits per heavy atom. The van der Waals surface area contributed by atoms with Crippen LogP contribution < -0.4 is 15.9 Å². The summed E-state index contributed by atoms with van der Waals surface area (Å²) < 4.78 is 4.74. The lowest BCUT2D eigenvalue weighted by molar-refractivity contribution is -0.525. The molecule has 1 aromatic carbocycles. The Hall–Kier alpha value is -3.44. The number of hydrazine groups is 1. The Balaban J connectivity index is 3.14. The Labute approximate surface area is 116 Å². The molecule has 0 saturated carbocycles. The number of nitrogens with zero attached hydrogens (tertiary/aromatic N) is 4. The van der Waals surface area contributed by atoms with E-state index < -0.39 is 27.4 Å². The second-order valence-electron chi connectivity index (χ2n) is 3.41. The molecule has 0 saturated heterocycles. The van der Waals surface area contributed by atoms with E-state index >= 15 is 0 Å². The maximum atomic E-state index is 11.0. The average molecular weight is 298 g/mol. The van der Waals surface area contributed by atoms with Gasteiger partial charge < -0.3 is 15.6 Å². The molecule has 112 valence electrons. The van der Waals surface area contributed by atoms with Crippen molar-refractivity contribution in [2.45, 2.75) is 0 Å². The maximum Gasteiger partial charge on any atom is 0.323 e. The molecule has 0 unspecified atom stereocenters. The van der Waals surface area contributed by atoms with Gasteiger partial charge in [-0.3, -0.25) is 10.1 Å². The van der Waals surface area contributed by atoms with Crippen LogP contribution >= 0.6 is 0 Å². The number of methoxy groups -OCH3 is 1. The number of hydrogen-bond acceptors (Lipinski definition) is 8. The third-order valence-corrected chi connectivity index (χ3v) is 2.10. The van der Waals surface area contributed by atoms with E-state index in [0.29, 0.717) is 0 Å². The number of benzene rings is 1. The van der Waals surface area contributed by atoms with Crippen LogP contribution in [0.3, 0.4) is 0 Å². The summed E-state index contributed by atoms with van der Waals surface area (Å²) in [6, 6.07) is 2.36. The van der Waals surface area contributed by atoms with Gasteiger partial charge in [-0.25, -0.2) is 10.1 Å². The van der Waals surface area contributed by atoms with Crippen molar-refractivity contribution in [1.29, 1.82) is 0 Å². The van der Waals surface area contributed by atoms with Crippen molar-refractivity contribution >= 4 is 17.9 Å². The molecule has 12 nitrogen and oxygen atoms in total. The number of nitrogens with one attached hydrogen (secondary N) is 1. The molecule has 0 fully saturated rings. The molecule has 0 spiro atoms. The smallest absolute Gasteiger partial charge is 0.323 e. The normalized spacial score (nSPS) is 11.4. The standard InChI is InChI=1S/C9H10N6O6/c1-21-8-6(16)3-2-5(7(8)14(17)18)4-11-12-9(10)13-15(19)20/h2-4,16H,1H3,(H3,10,12,13)/b11-4+. The van der Waals surface area contributed by atoms with E-state index in [1.165, 1.54) is 11.5 Å². The summed E-state index contributed by atoms with van der Waals surface area (Å²) in [7, 11) is 1.15. The lowest BCUT2D eigenvalue weighted by Gasteiger charge is -2.05. The number of nitro benzene ring substituents is 1. The van der Waals surface area contributed by atoms with Gasteiger partial charge >= 0.3 is 5.69 Å². The molecule has 4 N–H and O–H groups in total. The zero-order valence-corrected chi connectivity index (χ0v) is 10.6. The van der Waals surface area contributed by atoms with Crippen molar-refractivity contribution in [3.05, 3.63) is 37.9 Å². The number of guanidine groups is 1. The topological polar surface area (TPSA) is 179 Å². The first-order chi connectivity index (χ1) is 9.86. The van der Waals surface area contributed by atoms with E-state index in [0.717, 1.165) is 19.4 Å². The summed E-state index contributed by atoms with van der Waals surface area (Å²) >= 11 is 0. The van der Waals surface area contributed by atoms with Crippen LogP contribution in [0.25, 0.3) is 0 Å². The van der Waals surface area contributed by atoms with Crippen molar-refractivity contribution in [1.82, 2.24) is 5.43 Å². The highest BCUT2D eigenvalue weighted by molar-refractivity contribution is 5.88. The number of aromatic hydroxyl groups is 1. The number of rotatable bonds is 5. The second-order valence-corrected chi connectivity index (χ2v) is 3.41. The molecular weight excluding hydrogens is 288 g/mol. The van der Waals surface area contributed by atoms with E-state index in [1.807, 2.05) is 0 Å². The lowest BCUT2D eigenvalue weighted by Crippen LogP contribution is -2.35. The summed E-state index contributed by atoms with van der Waals surface area (Å²) in [5.41, 5.74) is 6.07.